The first-order chi connectivity index (χ1) is 16.3. The molecule has 180 valence electrons. The van der Waals surface area contributed by atoms with Gasteiger partial charge in [0.15, 0.2) is 5.69 Å². The molecule has 2 heterocycles. The van der Waals surface area contributed by atoms with Crippen LogP contribution in [0.5, 0.6) is 5.75 Å². The van der Waals surface area contributed by atoms with E-state index in [0.29, 0.717) is 35.2 Å². The molecule has 1 aliphatic heterocycles. The van der Waals surface area contributed by atoms with Crippen LogP contribution >= 0.6 is 0 Å². The Morgan fingerprint density at radius 3 is 2.68 bits per heavy atom. The first kappa shape index (κ1) is 24.0. The summed E-state index contributed by atoms with van der Waals surface area (Å²) in [7, 11) is -2.33. The first-order valence-corrected chi connectivity index (χ1v) is 12.9. The Morgan fingerprint density at radius 1 is 1.18 bits per heavy atom. The number of methoxy groups -OCH3 is 1. The summed E-state index contributed by atoms with van der Waals surface area (Å²) in [6, 6.07) is 8.31. The van der Waals surface area contributed by atoms with Crippen molar-refractivity contribution < 1.29 is 23.1 Å². The molecule has 1 saturated carbocycles. The minimum Gasteiger partial charge on any atom is -0.495 e. The zero-order valence-electron chi connectivity index (χ0n) is 19.3. The number of piperidine rings is 1. The normalized spacial score (nSPS) is 22.7. The summed E-state index contributed by atoms with van der Waals surface area (Å²) in [6.07, 6.45) is 6.39. The van der Waals surface area contributed by atoms with Crippen molar-refractivity contribution in [3.8, 4) is 17.6 Å². The molecule has 0 bridgehead atoms. The molecular formula is C25H29N3O5S. The molecule has 2 aliphatic rings. The lowest BCUT2D eigenvalue weighted by Crippen LogP contribution is -2.53. The maximum Gasteiger partial charge on any atom is 0.354 e. The van der Waals surface area contributed by atoms with Crippen molar-refractivity contribution in [2.75, 3.05) is 18.4 Å². The third-order valence-corrected chi connectivity index (χ3v) is 8.35. The lowest BCUT2D eigenvalue weighted by Gasteiger charge is -2.46. The van der Waals surface area contributed by atoms with E-state index in [9.17, 15) is 13.2 Å². The number of nitrogens with one attached hydrogen (secondary N) is 1. The van der Waals surface area contributed by atoms with Crippen LogP contribution in [-0.2, 0) is 10.2 Å². The van der Waals surface area contributed by atoms with Gasteiger partial charge in [-0.05, 0) is 43.2 Å². The van der Waals surface area contributed by atoms with Crippen LogP contribution in [0.1, 0.15) is 60.6 Å². The molecule has 8 nitrogen and oxygen atoms in total. The molecule has 0 spiro atoms. The van der Waals surface area contributed by atoms with Crippen LogP contribution in [0, 0.1) is 23.7 Å². The van der Waals surface area contributed by atoms with Gasteiger partial charge in [0, 0.05) is 30.4 Å². The van der Waals surface area contributed by atoms with Gasteiger partial charge in [-0.2, -0.15) is 12.7 Å². The summed E-state index contributed by atoms with van der Waals surface area (Å²) in [5.74, 6) is 5.96. The van der Waals surface area contributed by atoms with Crippen molar-refractivity contribution in [1.29, 1.82) is 0 Å². The molecule has 3 unspecified atom stereocenters. The van der Waals surface area contributed by atoms with E-state index >= 15 is 0 Å². The number of ether oxygens (including phenoxy) is 1. The number of benzene rings is 1. The van der Waals surface area contributed by atoms with Crippen molar-refractivity contribution in [3.63, 3.8) is 0 Å². The summed E-state index contributed by atoms with van der Waals surface area (Å²) in [5, 5.41) is 9.12. The second-order valence-electron chi connectivity index (χ2n) is 8.87. The van der Waals surface area contributed by atoms with Gasteiger partial charge in [-0.1, -0.05) is 43.7 Å². The molecule has 1 aromatic carbocycles. The Kier molecular flexibility index (Phi) is 7.10. The predicted molar refractivity (Wildman–Crippen MR) is 129 cm³/mol. The van der Waals surface area contributed by atoms with Gasteiger partial charge in [0.05, 0.1) is 18.4 Å². The summed E-state index contributed by atoms with van der Waals surface area (Å²) in [6.45, 7) is 2.75. The van der Waals surface area contributed by atoms with Crippen LogP contribution in [0.2, 0.25) is 0 Å². The third kappa shape index (κ3) is 5.03. The van der Waals surface area contributed by atoms with Crippen LogP contribution in [0.15, 0.2) is 36.5 Å². The minimum atomic E-state index is -3.75. The van der Waals surface area contributed by atoms with E-state index in [2.05, 4.69) is 28.5 Å². The fourth-order valence-electron chi connectivity index (χ4n) is 5.00. The molecule has 2 aromatic rings. The molecule has 9 heteroatoms. The number of carbonyl (C=O) groups is 1. The quantitative estimate of drug-likeness (QED) is 0.627. The molecule has 1 aromatic heterocycles. The van der Waals surface area contributed by atoms with E-state index in [0.717, 1.165) is 32.1 Å². The molecule has 0 radical (unpaired) electrons. The number of hydrogen-bond acceptors (Lipinski definition) is 5. The Hall–Kier alpha value is -3.09. The number of carboxylic acid groups (broad SMARTS) is 1. The number of aromatic carboxylic acids is 1. The maximum atomic E-state index is 13.4. The highest BCUT2D eigenvalue weighted by molar-refractivity contribution is 7.90. The lowest BCUT2D eigenvalue weighted by molar-refractivity contribution is 0.0690. The van der Waals surface area contributed by atoms with Gasteiger partial charge in [-0.25, -0.2) is 9.78 Å². The van der Waals surface area contributed by atoms with E-state index in [-0.39, 0.29) is 17.5 Å². The van der Waals surface area contributed by atoms with Gasteiger partial charge in [0.1, 0.15) is 5.75 Å². The maximum absolute atomic E-state index is 13.4. The zero-order chi connectivity index (χ0) is 24.3. The van der Waals surface area contributed by atoms with Crippen molar-refractivity contribution >= 4 is 21.9 Å². The summed E-state index contributed by atoms with van der Waals surface area (Å²) >= 11 is 0. The highest BCUT2D eigenvalue weighted by atomic mass is 32.2. The molecule has 34 heavy (non-hydrogen) atoms. The molecule has 0 amide bonds. The molecule has 1 saturated heterocycles. The van der Waals surface area contributed by atoms with Gasteiger partial charge in [0.2, 0.25) is 0 Å². The number of para-hydroxylation sites is 1. The zero-order valence-corrected chi connectivity index (χ0v) is 20.1. The topological polar surface area (TPSA) is 109 Å². The summed E-state index contributed by atoms with van der Waals surface area (Å²) in [4.78, 5) is 15.0. The average molecular weight is 484 g/mol. The predicted octanol–water partition coefficient (Wildman–Crippen LogP) is 3.75. The molecular weight excluding hydrogens is 454 g/mol. The van der Waals surface area contributed by atoms with Crippen LogP contribution in [0.3, 0.4) is 0 Å². The number of fused-ring (bicyclic) bond motifs is 1. The Labute approximate surface area is 200 Å². The second-order valence-corrected chi connectivity index (χ2v) is 10.5. The van der Waals surface area contributed by atoms with Crippen molar-refractivity contribution in [2.45, 2.75) is 45.1 Å². The first-order valence-electron chi connectivity index (χ1n) is 11.5. The van der Waals surface area contributed by atoms with Gasteiger partial charge >= 0.3 is 16.2 Å². The molecule has 2 N–H and O–H groups in total. The van der Waals surface area contributed by atoms with E-state index in [1.165, 1.54) is 19.4 Å². The highest BCUT2D eigenvalue weighted by Crippen LogP contribution is 2.40. The number of aromatic nitrogens is 1. The van der Waals surface area contributed by atoms with Gasteiger partial charge < -0.3 is 9.84 Å². The van der Waals surface area contributed by atoms with Crippen LogP contribution in [0.25, 0.3) is 0 Å². The number of carboxylic acids is 1. The lowest BCUT2D eigenvalue weighted by atomic mass is 9.74. The van der Waals surface area contributed by atoms with Crippen LogP contribution in [0.4, 0.5) is 5.69 Å². The number of pyridine rings is 1. The fraction of sp³-hybridized carbons (Fsp3) is 0.440. The van der Waals surface area contributed by atoms with E-state index in [4.69, 9.17) is 9.84 Å². The minimum absolute atomic E-state index is 0.0383. The van der Waals surface area contributed by atoms with Gasteiger partial charge in [-0.3, -0.25) is 4.72 Å². The number of anilines is 1. The third-order valence-electron chi connectivity index (χ3n) is 6.80. The van der Waals surface area contributed by atoms with Crippen molar-refractivity contribution in [3.05, 3.63) is 53.3 Å². The molecule has 1 aliphatic carbocycles. The van der Waals surface area contributed by atoms with Crippen molar-refractivity contribution in [2.24, 2.45) is 11.8 Å². The number of nitrogens with zero attached hydrogens (tertiary/aromatic N) is 2. The molecule has 2 fully saturated rings. The van der Waals surface area contributed by atoms with Crippen LogP contribution < -0.4 is 9.46 Å². The standard InChI is InChI=1S/C25H29N3O5S/c1-17-13-14-28(23-10-6-4-8-20(17)23)34(31,32)27-21-9-5-3-7-18(21)11-12-19-16-26-22(25(29)30)15-24(19)33-2/h3,5,7,9,15-17,20,23,27H,4,6,8,10,13-14H2,1-2H3,(H,29,30). The Morgan fingerprint density at radius 2 is 1.91 bits per heavy atom. The molecule has 4 rings (SSSR count). The Bertz CT molecular complexity index is 1230. The van der Waals surface area contributed by atoms with Crippen LogP contribution in [-0.4, -0.2) is 48.5 Å². The Balaban J connectivity index is 1.60. The van der Waals surface area contributed by atoms with Crippen molar-refractivity contribution in [1.82, 2.24) is 9.29 Å². The molecule has 3 atom stereocenters. The van der Waals surface area contributed by atoms with E-state index in [1.807, 2.05) is 0 Å². The number of hydrogen-bond donors (Lipinski definition) is 2. The van der Waals surface area contributed by atoms with E-state index in [1.54, 1.807) is 28.6 Å². The van der Waals surface area contributed by atoms with Gasteiger partial charge in [-0.15, -0.1) is 0 Å². The summed E-state index contributed by atoms with van der Waals surface area (Å²) in [5.41, 5.74) is 1.16. The summed E-state index contributed by atoms with van der Waals surface area (Å²) < 4.78 is 36.5. The fourth-order valence-corrected chi connectivity index (χ4v) is 6.54. The average Bonchev–Trinajstić information content (AvgIpc) is 2.83. The van der Waals surface area contributed by atoms with E-state index < -0.39 is 16.2 Å². The second kappa shape index (κ2) is 10.0. The number of rotatable bonds is 5. The largest absolute Gasteiger partial charge is 0.495 e. The highest BCUT2D eigenvalue weighted by Gasteiger charge is 2.42. The van der Waals surface area contributed by atoms with Gasteiger partial charge in [0.25, 0.3) is 0 Å². The SMILES string of the molecule is COc1cc(C(=O)O)ncc1C#Cc1ccccc1NS(=O)(=O)N1CCC(C)C2CCCCC21. The smallest absolute Gasteiger partial charge is 0.354 e. The monoisotopic (exact) mass is 483 g/mol.